The maximum absolute atomic E-state index is 12.2. The van der Waals surface area contributed by atoms with Gasteiger partial charge >= 0.3 is 0 Å². The van der Waals surface area contributed by atoms with Gasteiger partial charge in [-0.2, -0.15) is 0 Å². The number of carbonyl (C=O) groups excluding carboxylic acids is 2. The quantitative estimate of drug-likeness (QED) is 0.592. The number of hydrogen-bond donors (Lipinski definition) is 2. The summed E-state index contributed by atoms with van der Waals surface area (Å²) in [6, 6.07) is 12.1. The van der Waals surface area contributed by atoms with E-state index in [2.05, 4.69) is 10.6 Å². The molecule has 0 aliphatic carbocycles. The molecule has 0 spiro atoms. The van der Waals surface area contributed by atoms with Crippen molar-refractivity contribution in [3.05, 3.63) is 58.6 Å². The predicted molar refractivity (Wildman–Crippen MR) is 106 cm³/mol. The summed E-state index contributed by atoms with van der Waals surface area (Å²) in [5.41, 5.74) is 1.31. The summed E-state index contributed by atoms with van der Waals surface area (Å²) in [5, 5.41) is 5.84. The van der Waals surface area contributed by atoms with Crippen LogP contribution in [0.5, 0.6) is 11.5 Å². The highest BCUT2D eigenvalue weighted by Crippen LogP contribution is 2.29. The predicted octanol–water partition coefficient (Wildman–Crippen LogP) is 2.42. The Kier molecular flexibility index (Phi) is 8.58. The van der Waals surface area contributed by atoms with E-state index in [4.69, 9.17) is 25.8 Å². The summed E-state index contributed by atoms with van der Waals surface area (Å²) in [5.74, 6) is 0.252. The van der Waals surface area contributed by atoms with Gasteiger partial charge in [0.25, 0.3) is 5.91 Å². The maximum Gasteiger partial charge on any atom is 0.251 e. The molecule has 150 valence electrons. The first-order valence-corrected chi connectivity index (χ1v) is 9.00. The molecule has 7 nitrogen and oxygen atoms in total. The number of benzene rings is 2. The Balaban J connectivity index is 1.92. The molecular formula is C20H23ClN2O5. The molecule has 0 atom stereocenters. The van der Waals surface area contributed by atoms with E-state index in [1.807, 2.05) is 12.1 Å². The van der Waals surface area contributed by atoms with Crippen molar-refractivity contribution in [3.63, 3.8) is 0 Å². The van der Waals surface area contributed by atoms with Crippen LogP contribution in [0, 0.1) is 0 Å². The lowest BCUT2D eigenvalue weighted by atomic mass is 10.2. The lowest BCUT2D eigenvalue weighted by Gasteiger charge is -2.12. The average molecular weight is 407 g/mol. The smallest absolute Gasteiger partial charge is 0.251 e. The van der Waals surface area contributed by atoms with Crippen molar-refractivity contribution < 1.29 is 23.8 Å². The summed E-state index contributed by atoms with van der Waals surface area (Å²) in [4.78, 5) is 23.9. The molecule has 2 amide bonds. The molecular weight excluding hydrogens is 384 g/mol. The molecule has 0 saturated heterocycles. The van der Waals surface area contributed by atoms with Crippen LogP contribution in [-0.4, -0.2) is 45.7 Å². The first-order chi connectivity index (χ1) is 13.5. The second kappa shape index (κ2) is 11.2. The fourth-order valence-corrected chi connectivity index (χ4v) is 2.41. The zero-order valence-electron chi connectivity index (χ0n) is 15.8. The maximum atomic E-state index is 12.2. The molecule has 0 saturated carbocycles. The molecule has 8 heteroatoms. The number of halogens is 1. The standard InChI is InChI=1S/C20H23ClN2O5/c1-26-10-9-22-19(24)12-23-20(25)15-5-8-17(18(11-15)27-2)28-13-14-3-6-16(21)7-4-14/h3-8,11H,9-10,12-13H2,1-2H3,(H,22,24)(H,23,25). The third-order valence-corrected chi connectivity index (χ3v) is 4.02. The third-order valence-electron chi connectivity index (χ3n) is 3.77. The van der Waals surface area contributed by atoms with E-state index in [1.165, 1.54) is 7.11 Å². The number of nitrogens with one attached hydrogen (secondary N) is 2. The van der Waals surface area contributed by atoms with E-state index in [-0.39, 0.29) is 18.4 Å². The highest BCUT2D eigenvalue weighted by molar-refractivity contribution is 6.30. The second-order valence-electron chi connectivity index (χ2n) is 5.81. The van der Waals surface area contributed by atoms with Crippen LogP contribution in [0.4, 0.5) is 0 Å². The van der Waals surface area contributed by atoms with E-state index in [0.717, 1.165) is 5.56 Å². The largest absolute Gasteiger partial charge is 0.493 e. The Morgan fingerprint density at radius 1 is 1.00 bits per heavy atom. The van der Waals surface area contributed by atoms with E-state index < -0.39 is 0 Å². The van der Waals surface area contributed by atoms with Gasteiger partial charge in [0.1, 0.15) is 6.61 Å². The molecule has 0 aromatic heterocycles. The van der Waals surface area contributed by atoms with Gasteiger partial charge in [0.05, 0.1) is 20.3 Å². The van der Waals surface area contributed by atoms with Crippen LogP contribution < -0.4 is 20.1 Å². The van der Waals surface area contributed by atoms with Gasteiger partial charge in [-0.05, 0) is 35.9 Å². The van der Waals surface area contributed by atoms with Gasteiger partial charge in [-0.25, -0.2) is 0 Å². The van der Waals surface area contributed by atoms with Gasteiger partial charge in [0.15, 0.2) is 11.5 Å². The van der Waals surface area contributed by atoms with Crippen LogP contribution in [0.3, 0.4) is 0 Å². The topological polar surface area (TPSA) is 85.9 Å². The fourth-order valence-electron chi connectivity index (χ4n) is 2.29. The lowest BCUT2D eigenvalue weighted by Crippen LogP contribution is -2.38. The highest BCUT2D eigenvalue weighted by atomic mass is 35.5. The van der Waals surface area contributed by atoms with E-state index in [1.54, 1.807) is 37.4 Å². The summed E-state index contributed by atoms with van der Waals surface area (Å²) >= 11 is 5.87. The molecule has 0 bridgehead atoms. The molecule has 0 radical (unpaired) electrons. The summed E-state index contributed by atoms with van der Waals surface area (Å²) < 4.78 is 15.9. The van der Waals surface area contributed by atoms with Gasteiger partial charge in [0.2, 0.25) is 5.91 Å². The molecule has 0 heterocycles. The van der Waals surface area contributed by atoms with Gasteiger partial charge < -0.3 is 24.8 Å². The zero-order chi connectivity index (χ0) is 20.4. The molecule has 0 aliphatic heterocycles. The first-order valence-electron chi connectivity index (χ1n) is 8.62. The van der Waals surface area contributed by atoms with E-state index in [0.29, 0.717) is 41.8 Å². The summed E-state index contributed by atoms with van der Waals surface area (Å²) in [6.45, 7) is 1.01. The Labute approximate surface area is 168 Å². The molecule has 2 aromatic carbocycles. The summed E-state index contributed by atoms with van der Waals surface area (Å²) in [6.07, 6.45) is 0. The number of rotatable bonds is 10. The number of hydrogen-bond acceptors (Lipinski definition) is 5. The van der Waals surface area contributed by atoms with Gasteiger partial charge in [-0.15, -0.1) is 0 Å². The number of carbonyl (C=O) groups is 2. The molecule has 0 fully saturated rings. The van der Waals surface area contributed by atoms with Crippen LogP contribution >= 0.6 is 11.6 Å². The van der Waals surface area contributed by atoms with Crippen molar-refractivity contribution in [2.45, 2.75) is 6.61 Å². The SMILES string of the molecule is COCCNC(=O)CNC(=O)c1ccc(OCc2ccc(Cl)cc2)c(OC)c1. The molecule has 2 rings (SSSR count). The molecule has 0 unspecified atom stereocenters. The Bertz CT molecular complexity index is 796. The lowest BCUT2D eigenvalue weighted by molar-refractivity contribution is -0.120. The van der Waals surface area contributed by atoms with E-state index in [9.17, 15) is 9.59 Å². The Hall–Kier alpha value is -2.77. The van der Waals surface area contributed by atoms with Gasteiger partial charge in [0, 0.05) is 24.2 Å². The fraction of sp³-hybridized carbons (Fsp3) is 0.300. The van der Waals surface area contributed by atoms with Crippen LogP contribution in [0.2, 0.25) is 5.02 Å². The first kappa shape index (κ1) is 21.5. The minimum atomic E-state index is -0.385. The highest BCUT2D eigenvalue weighted by Gasteiger charge is 2.12. The van der Waals surface area contributed by atoms with Crippen LogP contribution in [0.25, 0.3) is 0 Å². The summed E-state index contributed by atoms with van der Waals surface area (Å²) in [7, 11) is 3.04. The number of ether oxygens (including phenoxy) is 3. The van der Waals surface area contributed by atoms with Crippen LogP contribution in [0.1, 0.15) is 15.9 Å². The molecule has 28 heavy (non-hydrogen) atoms. The van der Waals surface area contributed by atoms with Crippen molar-refractivity contribution >= 4 is 23.4 Å². The minimum absolute atomic E-state index is 0.125. The third kappa shape index (κ3) is 6.75. The van der Waals surface area contributed by atoms with Crippen molar-refractivity contribution in [2.75, 3.05) is 33.9 Å². The second-order valence-corrected chi connectivity index (χ2v) is 6.24. The monoisotopic (exact) mass is 406 g/mol. The van der Waals surface area contributed by atoms with Crippen molar-refractivity contribution in [3.8, 4) is 11.5 Å². The Morgan fingerprint density at radius 2 is 1.75 bits per heavy atom. The molecule has 0 aliphatic rings. The minimum Gasteiger partial charge on any atom is -0.493 e. The van der Waals surface area contributed by atoms with Crippen molar-refractivity contribution in [1.29, 1.82) is 0 Å². The van der Waals surface area contributed by atoms with Gasteiger partial charge in [-0.3, -0.25) is 9.59 Å². The molecule has 2 N–H and O–H groups in total. The zero-order valence-corrected chi connectivity index (χ0v) is 16.5. The molecule has 2 aromatic rings. The normalized spacial score (nSPS) is 10.2. The van der Waals surface area contributed by atoms with Crippen molar-refractivity contribution in [1.82, 2.24) is 10.6 Å². The number of amides is 2. The van der Waals surface area contributed by atoms with Gasteiger partial charge in [-0.1, -0.05) is 23.7 Å². The number of methoxy groups -OCH3 is 2. The van der Waals surface area contributed by atoms with Crippen molar-refractivity contribution in [2.24, 2.45) is 0 Å². The Morgan fingerprint density at radius 3 is 2.43 bits per heavy atom. The van der Waals surface area contributed by atoms with E-state index >= 15 is 0 Å². The van der Waals surface area contributed by atoms with Crippen LogP contribution in [0.15, 0.2) is 42.5 Å². The van der Waals surface area contributed by atoms with Crippen LogP contribution in [-0.2, 0) is 16.1 Å². The average Bonchev–Trinajstić information content (AvgIpc) is 2.71.